The van der Waals surface area contributed by atoms with Crippen molar-refractivity contribution in [1.82, 2.24) is 10.2 Å². The van der Waals surface area contributed by atoms with E-state index < -0.39 is 6.04 Å². The quantitative estimate of drug-likeness (QED) is 0.945. The standard InChI is InChI=1S/C17H19N3O2/c1-12(16(21)20-10-9-18-17(20)22)19(2)15-8-7-13-5-3-4-6-14(13)11-15/h3-8,11-12H,9-10H2,1-2H3,(H,18,22)/t12-/m0/s1. The zero-order valence-corrected chi connectivity index (χ0v) is 12.7. The molecular formula is C17H19N3O2. The van der Waals surface area contributed by atoms with E-state index in [-0.39, 0.29) is 11.9 Å². The lowest BCUT2D eigenvalue weighted by atomic mass is 10.1. The van der Waals surface area contributed by atoms with Gasteiger partial charge in [-0.15, -0.1) is 0 Å². The molecule has 1 saturated heterocycles. The lowest BCUT2D eigenvalue weighted by Crippen LogP contribution is -2.47. The number of hydrogen-bond acceptors (Lipinski definition) is 3. The summed E-state index contributed by atoms with van der Waals surface area (Å²) in [6, 6.07) is 13.5. The second-order valence-corrected chi connectivity index (χ2v) is 5.54. The molecule has 22 heavy (non-hydrogen) atoms. The highest BCUT2D eigenvalue weighted by molar-refractivity contribution is 5.99. The number of hydrogen-bond donors (Lipinski definition) is 1. The fourth-order valence-electron chi connectivity index (χ4n) is 2.69. The SMILES string of the molecule is C[C@@H](C(=O)N1CCNC1=O)N(C)c1ccc2ccccc2c1. The molecule has 0 aromatic heterocycles. The fourth-order valence-corrected chi connectivity index (χ4v) is 2.69. The first-order valence-corrected chi connectivity index (χ1v) is 7.39. The molecule has 1 N–H and O–H groups in total. The highest BCUT2D eigenvalue weighted by atomic mass is 16.2. The fraction of sp³-hybridized carbons (Fsp3) is 0.294. The van der Waals surface area contributed by atoms with Gasteiger partial charge in [0.05, 0.1) is 0 Å². The van der Waals surface area contributed by atoms with Crippen molar-refractivity contribution < 1.29 is 9.59 Å². The molecule has 2 aromatic carbocycles. The number of imide groups is 1. The molecule has 0 spiro atoms. The van der Waals surface area contributed by atoms with Crippen molar-refractivity contribution in [3.05, 3.63) is 42.5 Å². The summed E-state index contributed by atoms with van der Waals surface area (Å²) in [7, 11) is 1.88. The maximum atomic E-state index is 12.5. The van der Waals surface area contributed by atoms with Gasteiger partial charge in [-0.2, -0.15) is 0 Å². The van der Waals surface area contributed by atoms with Crippen LogP contribution in [0.3, 0.4) is 0 Å². The van der Waals surface area contributed by atoms with Crippen LogP contribution in [0.25, 0.3) is 10.8 Å². The maximum absolute atomic E-state index is 12.5. The van der Waals surface area contributed by atoms with E-state index in [1.807, 2.05) is 49.2 Å². The highest BCUT2D eigenvalue weighted by Gasteiger charge is 2.31. The van der Waals surface area contributed by atoms with E-state index in [9.17, 15) is 9.59 Å². The summed E-state index contributed by atoms with van der Waals surface area (Å²) in [4.78, 5) is 27.3. The minimum Gasteiger partial charge on any atom is -0.363 e. The smallest absolute Gasteiger partial charge is 0.324 e. The Kier molecular flexibility index (Phi) is 3.71. The zero-order valence-electron chi connectivity index (χ0n) is 12.7. The van der Waals surface area contributed by atoms with Crippen LogP contribution in [0.5, 0.6) is 0 Å². The topological polar surface area (TPSA) is 52.7 Å². The third-order valence-corrected chi connectivity index (χ3v) is 4.20. The molecule has 5 nitrogen and oxygen atoms in total. The van der Waals surface area contributed by atoms with Gasteiger partial charge in [0.15, 0.2) is 0 Å². The Balaban J connectivity index is 1.83. The van der Waals surface area contributed by atoms with Crippen LogP contribution in [-0.2, 0) is 4.79 Å². The van der Waals surface area contributed by atoms with Crippen LogP contribution in [0, 0.1) is 0 Å². The van der Waals surface area contributed by atoms with Gasteiger partial charge in [-0.25, -0.2) is 4.79 Å². The molecule has 1 aliphatic heterocycles. The molecule has 1 atom stereocenters. The molecule has 0 radical (unpaired) electrons. The summed E-state index contributed by atoms with van der Waals surface area (Å²) in [5.41, 5.74) is 0.958. The predicted molar refractivity (Wildman–Crippen MR) is 86.9 cm³/mol. The van der Waals surface area contributed by atoms with Crippen LogP contribution < -0.4 is 10.2 Å². The molecule has 1 heterocycles. The van der Waals surface area contributed by atoms with Crippen LogP contribution in [-0.4, -0.2) is 43.0 Å². The summed E-state index contributed by atoms with van der Waals surface area (Å²) in [5.74, 6) is -0.175. The zero-order chi connectivity index (χ0) is 15.7. The molecule has 0 aliphatic carbocycles. The Labute approximate surface area is 129 Å². The van der Waals surface area contributed by atoms with E-state index in [0.717, 1.165) is 16.5 Å². The number of fused-ring (bicyclic) bond motifs is 1. The van der Waals surface area contributed by atoms with Crippen LogP contribution >= 0.6 is 0 Å². The molecule has 0 saturated carbocycles. The van der Waals surface area contributed by atoms with Crippen molar-refractivity contribution in [1.29, 1.82) is 0 Å². The van der Waals surface area contributed by atoms with Gasteiger partial charge in [-0.3, -0.25) is 9.69 Å². The number of rotatable bonds is 3. The predicted octanol–water partition coefficient (Wildman–Crippen LogP) is 2.22. The van der Waals surface area contributed by atoms with E-state index >= 15 is 0 Å². The molecule has 114 valence electrons. The van der Waals surface area contributed by atoms with Crippen molar-refractivity contribution >= 4 is 28.4 Å². The molecule has 0 bridgehead atoms. The second-order valence-electron chi connectivity index (χ2n) is 5.54. The van der Waals surface area contributed by atoms with Gasteiger partial charge in [0, 0.05) is 25.8 Å². The number of nitrogens with zero attached hydrogens (tertiary/aromatic N) is 2. The normalized spacial score (nSPS) is 15.7. The number of carbonyl (C=O) groups excluding carboxylic acids is 2. The Bertz CT molecular complexity index is 729. The summed E-state index contributed by atoms with van der Waals surface area (Å²) in [6.07, 6.45) is 0. The van der Waals surface area contributed by atoms with Gasteiger partial charge >= 0.3 is 6.03 Å². The van der Waals surface area contributed by atoms with Gasteiger partial charge in [-0.05, 0) is 29.8 Å². The third kappa shape index (κ3) is 2.50. The molecule has 1 aliphatic rings. The number of anilines is 1. The summed E-state index contributed by atoms with van der Waals surface area (Å²) < 4.78 is 0. The summed E-state index contributed by atoms with van der Waals surface area (Å²) >= 11 is 0. The minimum atomic E-state index is -0.398. The Hall–Kier alpha value is -2.56. The minimum absolute atomic E-state index is 0.175. The molecular weight excluding hydrogens is 278 g/mol. The average molecular weight is 297 g/mol. The Morgan fingerprint density at radius 1 is 1.23 bits per heavy atom. The van der Waals surface area contributed by atoms with Crippen LogP contribution in [0.4, 0.5) is 10.5 Å². The van der Waals surface area contributed by atoms with Crippen LogP contribution in [0.2, 0.25) is 0 Å². The number of carbonyl (C=O) groups is 2. The van der Waals surface area contributed by atoms with Crippen LogP contribution in [0.15, 0.2) is 42.5 Å². The van der Waals surface area contributed by atoms with Gasteiger partial charge in [0.2, 0.25) is 0 Å². The first-order valence-electron chi connectivity index (χ1n) is 7.39. The first kappa shape index (κ1) is 14.4. The van der Waals surface area contributed by atoms with E-state index in [0.29, 0.717) is 13.1 Å². The first-order chi connectivity index (χ1) is 10.6. The number of benzene rings is 2. The van der Waals surface area contributed by atoms with E-state index in [4.69, 9.17) is 0 Å². The molecule has 3 rings (SSSR count). The van der Waals surface area contributed by atoms with Gasteiger partial charge in [-0.1, -0.05) is 30.3 Å². The molecule has 0 unspecified atom stereocenters. The Morgan fingerprint density at radius 3 is 2.64 bits per heavy atom. The molecule has 5 heteroatoms. The van der Waals surface area contributed by atoms with Gasteiger partial charge in [0.25, 0.3) is 5.91 Å². The number of amides is 3. The van der Waals surface area contributed by atoms with Crippen molar-refractivity contribution in [2.24, 2.45) is 0 Å². The third-order valence-electron chi connectivity index (χ3n) is 4.20. The lowest BCUT2D eigenvalue weighted by Gasteiger charge is -2.28. The second kappa shape index (κ2) is 5.67. The monoisotopic (exact) mass is 297 g/mol. The largest absolute Gasteiger partial charge is 0.363 e. The van der Waals surface area contributed by atoms with E-state index in [1.54, 1.807) is 0 Å². The van der Waals surface area contributed by atoms with Crippen molar-refractivity contribution in [3.8, 4) is 0 Å². The van der Waals surface area contributed by atoms with Gasteiger partial charge in [0.1, 0.15) is 6.04 Å². The van der Waals surface area contributed by atoms with Crippen LogP contribution in [0.1, 0.15) is 6.92 Å². The van der Waals surface area contributed by atoms with Crippen molar-refractivity contribution in [2.75, 3.05) is 25.0 Å². The number of likely N-dealkylation sites (N-methyl/N-ethyl adjacent to an activating group) is 1. The average Bonchev–Trinajstić information content (AvgIpc) is 2.98. The lowest BCUT2D eigenvalue weighted by molar-refractivity contribution is -0.128. The van der Waals surface area contributed by atoms with Crippen molar-refractivity contribution in [2.45, 2.75) is 13.0 Å². The summed E-state index contributed by atoms with van der Waals surface area (Å²) in [6.45, 7) is 2.79. The Morgan fingerprint density at radius 2 is 1.95 bits per heavy atom. The van der Waals surface area contributed by atoms with Crippen molar-refractivity contribution in [3.63, 3.8) is 0 Å². The van der Waals surface area contributed by atoms with E-state index in [1.165, 1.54) is 4.90 Å². The number of urea groups is 1. The summed E-state index contributed by atoms with van der Waals surface area (Å²) in [5, 5.41) is 4.95. The number of nitrogens with one attached hydrogen (secondary N) is 1. The molecule has 2 aromatic rings. The van der Waals surface area contributed by atoms with E-state index in [2.05, 4.69) is 17.4 Å². The maximum Gasteiger partial charge on any atom is 0.324 e. The molecule has 1 fully saturated rings. The highest BCUT2D eigenvalue weighted by Crippen LogP contribution is 2.23. The molecule has 3 amide bonds. The van der Waals surface area contributed by atoms with Gasteiger partial charge < -0.3 is 10.2 Å².